The Morgan fingerprint density at radius 2 is 1.90 bits per heavy atom. The van der Waals surface area contributed by atoms with Gasteiger partial charge in [0.05, 0.1) is 10.6 Å². The zero-order chi connectivity index (χ0) is 15.4. The van der Waals surface area contributed by atoms with Crippen molar-refractivity contribution in [1.82, 2.24) is 0 Å². The van der Waals surface area contributed by atoms with Crippen LogP contribution in [-0.2, 0) is 6.42 Å². The number of nitrogens with one attached hydrogen (secondary N) is 1. The molecule has 2 rings (SSSR count). The molecule has 3 N–H and O–H groups in total. The molecule has 0 aliphatic heterocycles. The van der Waals surface area contributed by atoms with Crippen molar-refractivity contribution in [1.29, 1.82) is 0 Å². The SMILES string of the molecule is NC(=S)Cc1ccc(NC(=O)c2cc(Cl)ccc2I)cc1. The van der Waals surface area contributed by atoms with Gasteiger partial charge in [0.1, 0.15) is 0 Å². The highest BCUT2D eigenvalue weighted by atomic mass is 127. The molecular formula is C15H12ClIN2OS. The molecule has 6 heteroatoms. The topological polar surface area (TPSA) is 55.1 Å². The summed E-state index contributed by atoms with van der Waals surface area (Å²) < 4.78 is 0.847. The Kier molecular flexibility index (Phi) is 5.55. The van der Waals surface area contributed by atoms with E-state index in [1.165, 1.54) is 0 Å². The van der Waals surface area contributed by atoms with E-state index in [9.17, 15) is 4.79 Å². The summed E-state index contributed by atoms with van der Waals surface area (Å²) in [6.45, 7) is 0. The predicted octanol–water partition coefficient (Wildman–Crippen LogP) is 4.03. The van der Waals surface area contributed by atoms with Crippen LogP contribution in [0.4, 0.5) is 5.69 Å². The lowest BCUT2D eigenvalue weighted by atomic mass is 10.1. The van der Waals surface area contributed by atoms with Crippen molar-refractivity contribution in [2.24, 2.45) is 5.73 Å². The van der Waals surface area contributed by atoms with E-state index < -0.39 is 0 Å². The molecule has 2 aromatic carbocycles. The predicted molar refractivity (Wildman–Crippen MR) is 99.1 cm³/mol. The van der Waals surface area contributed by atoms with E-state index in [2.05, 4.69) is 27.9 Å². The number of hydrogen-bond donors (Lipinski definition) is 2. The Bertz CT molecular complexity index is 689. The van der Waals surface area contributed by atoms with Crippen LogP contribution in [0.15, 0.2) is 42.5 Å². The lowest BCUT2D eigenvalue weighted by molar-refractivity contribution is 0.102. The van der Waals surface area contributed by atoms with Gasteiger partial charge in [0.2, 0.25) is 0 Å². The maximum atomic E-state index is 12.2. The fourth-order valence-corrected chi connectivity index (χ4v) is 2.70. The van der Waals surface area contributed by atoms with Gasteiger partial charge in [-0.15, -0.1) is 0 Å². The van der Waals surface area contributed by atoms with Gasteiger partial charge in [0.25, 0.3) is 5.91 Å². The van der Waals surface area contributed by atoms with Crippen LogP contribution in [0.2, 0.25) is 5.02 Å². The molecule has 1 amide bonds. The molecule has 0 unspecified atom stereocenters. The zero-order valence-corrected chi connectivity index (χ0v) is 14.6. The number of hydrogen-bond acceptors (Lipinski definition) is 2. The van der Waals surface area contributed by atoms with Crippen LogP contribution in [-0.4, -0.2) is 10.9 Å². The fraction of sp³-hybridized carbons (Fsp3) is 0.0667. The number of rotatable bonds is 4. The molecule has 0 aromatic heterocycles. The molecule has 0 atom stereocenters. The highest BCUT2D eigenvalue weighted by Crippen LogP contribution is 2.19. The number of benzene rings is 2. The van der Waals surface area contributed by atoms with Crippen molar-refractivity contribution in [3.8, 4) is 0 Å². The van der Waals surface area contributed by atoms with E-state index in [0.29, 0.717) is 27.7 Å². The Morgan fingerprint density at radius 1 is 1.24 bits per heavy atom. The summed E-state index contributed by atoms with van der Waals surface area (Å²) in [6.07, 6.45) is 0.551. The first-order valence-corrected chi connectivity index (χ1v) is 7.96. The minimum Gasteiger partial charge on any atom is -0.393 e. The molecule has 0 saturated carbocycles. The van der Waals surface area contributed by atoms with Crippen molar-refractivity contribution in [3.63, 3.8) is 0 Å². The largest absolute Gasteiger partial charge is 0.393 e. The number of carbonyl (C=O) groups is 1. The summed E-state index contributed by atoms with van der Waals surface area (Å²) in [4.78, 5) is 12.7. The van der Waals surface area contributed by atoms with Gasteiger partial charge in [-0.3, -0.25) is 4.79 Å². The minimum atomic E-state index is -0.191. The maximum absolute atomic E-state index is 12.2. The number of anilines is 1. The molecule has 0 aliphatic rings. The molecule has 0 bridgehead atoms. The molecule has 0 radical (unpaired) electrons. The average molecular weight is 431 g/mol. The van der Waals surface area contributed by atoms with Gasteiger partial charge in [0, 0.05) is 20.7 Å². The maximum Gasteiger partial charge on any atom is 0.256 e. The summed E-state index contributed by atoms with van der Waals surface area (Å²) in [6, 6.07) is 12.6. The third-order valence-electron chi connectivity index (χ3n) is 2.76. The van der Waals surface area contributed by atoms with Crippen LogP contribution >= 0.6 is 46.4 Å². The van der Waals surface area contributed by atoms with Crippen LogP contribution < -0.4 is 11.1 Å². The molecule has 3 nitrogen and oxygen atoms in total. The molecule has 0 saturated heterocycles. The normalized spacial score (nSPS) is 10.2. The van der Waals surface area contributed by atoms with Crippen LogP contribution in [0.1, 0.15) is 15.9 Å². The van der Waals surface area contributed by atoms with Crippen molar-refractivity contribution < 1.29 is 4.79 Å². The highest BCUT2D eigenvalue weighted by Gasteiger charge is 2.11. The van der Waals surface area contributed by atoms with E-state index in [-0.39, 0.29) is 5.91 Å². The second-order valence-corrected chi connectivity index (χ2v) is 6.54. The van der Waals surface area contributed by atoms with Gasteiger partial charge in [-0.25, -0.2) is 0 Å². The van der Waals surface area contributed by atoms with E-state index in [4.69, 9.17) is 29.6 Å². The van der Waals surface area contributed by atoms with Gasteiger partial charge in [-0.2, -0.15) is 0 Å². The summed E-state index contributed by atoms with van der Waals surface area (Å²) >= 11 is 12.9. The van der Waals surface area contributed by atoms with E-state index >= 15 is 0 Å². The monoisotopic (exact) mass is 430 g/mol. The van der Waals surface area contributed by atoms with Gasteiger partial charge in [0.15, 0.2) is 0 Å². The van der Waals surface area contributed by atoms with E-state index in [0.717, 1.165) is 9.13 Å². The van der Waals surface area contributed by atoms with Gasteiger partial charge >= 0.3 is 0 Å². The van der Waals surface area contributed by atoms with Gasteiger partial charge < -0.3 is 11.1 Å². The second-order valence-electron chi connectivity index (χ2n) is 4.42. The van der Waals surface area contributed by atoms with Gasteiger partial charge in [-0.1, -0.05) is 36.0 Å². The molecular weight excluding hydrogens is 419 g/mol. The Hall–Kier alpha value is -1.18. The second kappa shape index (κ2) is 7.20. The van der Waals surface area contributed by atoms with Crippen molar-refractivity contribution in [2.75, 3.05) is 5.32 Å². The molecule has 2 aromatic rings. The molecule has 0 heterocycles. The summed E-state index contributed by atoms with van der Waals surface area (Å²) in [5, 5.41) is 3.37. The summed E-state index contributed by atoms with van der Waals surface area (Å²) in [5.74, 6) is -0.191. The Morgan fingerprint density at radius 3 is 2.52 bits per heavy atom. The molecule has 108 valence electrons. The lowest BCUT2D eigenvalue weighted by Gasteiger charge is -2.08. The zero-order valence-electron chi connectivity index (χ0n) is 10.9. The highest BCUT2D eigenvalue weighted by molar-refractivity contribution is 14.1. The Balaban J connectivity index is 2.12. The average Bonchev–Trinajstić information content (AvgIpc) is 2.43. The molecule has 21 heavy (non-hydrogen) atoms. The molecule has 0 aliphatic carbocycles. The smallest absolute Gasteiger partial charge is 0.256 e. The third kappa shape index (κ3) is 4.66. The van der Waals surface area contributed by atoms with Crippen LogP contribution in [0, 0.1) is 3.57 Å². The number of nitrogens with two attached hydrogens (primary N) is 1. The third-order valence-corrected chi connectivity index (χ3v) is 4.08. The fourth-order valence-electron chi connectivity index (χ4n) is 1.78. The molecule has 0 spiro atoms. The number of amides is 1. The lowest BCUT2D eigenvalue weighted by Crippen LogP contribution is -2.14. The first-order valence-electron chi connectivity index (χ1n) is 6.09. The van der Waals surface area contributed by atoms with Crippen LogP contribution in [0.25, 0.3) is 0 Å². The van der Waals surface area contributed by atoms with E-state index in [1.54, 1.807) is 12.1 Å². The summed E-state index contributed by atoms with van der Waals surface area (Å²) in [7, 11) is 0. The number of halogens is 2. The standard InChI is InChI=1S/C15H12ClIN2OS/c16-10-3-6-13(17)12(8-10)15(20)19-11-4-1-9(2-5-11)7-14(18)21/h1-6,8H,7H2,(H2,18,21)(H,19,20). The molecule has 0 fully saturated rings. The van der Waals surface area contributed by atoms with E-state index in [1.807, 2.05) is 30.3 Å². The first-order chi connectivity index (χ1) is 9.95. The Labute approximate surface area is 147 Å². The van der Waals surface area contributed by atoms with Crippen LogP contribution in [0.3, 0.4) is 0 Å². The van der Waals surface area contributed by atoms with Crippen molar-refractivity contribution in [3.05, 3.63) is 62.2 Å². The van der Waals surface area contributed by atoms with Gasteiger partial charge in [-0.05, 0) is 58.5 Å². The number of carbonyl (C=O) groups excluding carboxylic acids is 1. The van der Waals surface area contributed by atoms with Crippen molar-refractivity contribution in [2.45, 2.75) is 6.42 Å². The summed E-state index contributed by atoms with van der Waals surface area (Å²) in [5.41, 5.74) is 7.77. The minimum absolute atomic E-state index is 0.191. The quantitative estimate of drug-likeness (QED) is 0.569. The number of thiocarbonyl (C=S) groups is 1. The van der Waals surface area contributed by atoms with Crippen molar-refractivity contribution >= 4 is 63.0 Å². The van der Waals surface area contributed by atoms with Crippen LogP contribution in [0.5, 0.6) is 0 Å². The first kappa shape index (κ1) is 16.2.